The van der Waals surface area contributed by atoms with E-state index in [1.54, 1.807) is 24.5 Å². The van der Waals surface area contributed by atoms with Crippen LogP contribution in [0.25, 0.3) is 11.4 Å². The van der Waals surface area contributed by atoms with Crippen LogP contribution in [0.1, 0.15) is 29.2 Å². The van der Waals surface area contributed by atoms with E-state index >= 15 is 0 Å². The van der Waals surface area contributed by atoms with E-state index in [-0.39, 0.29) is 5.91 Å². The zero-order valence-electron chi connectivity index (χ0n) is 13.3. The number of nitrogen functional groups attached to an aromatic ring is 1. The second-order valence-electron chi connectivity index (χ2n) is 5.40. The number of H-pyrrole nitrogens is 1. The van der Waals surface area contributed by atoms with E-state index in [0.29, 0.717) is 16.4 Å². The molecule has 1 aliphatic carbocycles. The van der Waals surface area contributed by atoms with Crippen molar-refractivity contribution in [2.75, 3.05) is 0 Å². The Hall–Kier alpha value is -2.91. The smallest absolute Gasteiger partial charge is 0.265 e. The molecule has 3 heterocycles. The molecule has 1 saturated carbocycles. The first kappa shape index (κ1) is 16.9. The molecule has 4 rings (SSSR count). The largest absolute Gasteiger partial charge is 0.297 e. The van der Waals surface area contributed by atoms with Crippen LogP contribution in [0.3, 0.4) is 0 Å². The highest BCUT2D eigenvalue weighted by molar-refractivity contribution is 7.71. The number of carbonyl (C=O) groups is 1. The fourth-order valence-electron chi connectivity index (χ4n) is 2.27. The minimum absolute atomic E-state index is 0.303. The van der Waals surface area contributed by atoms with Crippen molar-refractivity contribution in [2.24, 2.45) is 5.84 Å². The van der Waals surface area contributed by atoms with Crippen molar-refractivity contribution in [3.05, 3.63) is 59.4 Å². The topological polar surface area (TPSA) is 115 Å². The van der Waals surface area contributed by atoms with Gasteiger partial charge in [0.1, 0.15) is 0 Å². The molecule has 1 fully saturated rings. The Morgan fingerprint density at radius 1 is 1.16 bits per heavy atom. The quantitative estimate of drug-likeness (QED) is 0.287. The summed E-state index contributed by atoms with van der Waals surface area (Å²) in [6.07, 6.45) is 9.00. The molecular weight excluding hydrogens is 338 g/mol. The Kier molecular flexibility index (Phi) is 5.26. The molecule has 3 aromatic rings. The first-order valence-electron chi connectivity index (χ1n) is 7.69. The highest BCUT2D eigenvalue weighted by atomic mass is 32.1. The predicted octanol–water partition coefficient (Wildman–Crippen LogP) is 2.02. The number of nitrogens with one attached hydrogen (secondary N) is 2. The van der Waals surface area contributed by atoms with Gasteiger partial charge in [0, 0.05) is 42.0 Å². The second kappa shape index (κ2) is 7.77. The summed E-state index contributed by atoms with van der Waals surface area (Å²) in [5, 5.41) is 7.12. The molecule has 0 spiro atoms. The number of nitrogens with zero attached hydrogens (tertiary/aromatic N) is 4. The van der Waals surface area contributed by atoms with Crippen LogP contribution in [0.5, 0.6) is 0 Å². The number of pyridine rings is 2. The second-order valence-corrected chi connectivity index (χ2v) is 5.79. The van der Waals surface area contributed by atoms with Crippen LogP contribution in [0.15, 0.2) is 49.1 Å². The average Bonchev–Trinajstić information content (AvgIpc) is 3.44. The molecule has 3 aromatic heterocycles. The van der Waals surface area contributed by atoms with E-state index in [4.69, 9.17) is 18.1 Å². The molecule has 0 aromatic carbocycles. The van der Waals surface area contributed by atoms with Gasteiger partial charge in [-0.15, -0.1) is 0 Å². The molecule has 1 amide bonds. The van der Waals surface area contributed by atoms with Crippen molar-refractivity contribution in [3.8, 4) is 11.4 Å². The Morgan fingerprint density at radius 2 is 1.76 bits per heavy atom. The molecule has 9 heteroatoms. The lowest BCUT2D eigenvalue weighted by Gasteiger charge is -2.03. The van der Waals surface area contributed by atoms with E-state index in [1.807, 2.05) is 17.6 Å². The van der Waals surface area contributed by atoms with Gasteiger partial charge in [-0.05, 0) is 49.3 Å². The number of hydrogen-bond donors (Lipinski definition) is 3. The molecule has 0 saturated heterocycles. The van der Waals surface area contributed by atoms with Gasteiger partial charge in [0.25, 0.3) is 5.91 Å². The summed E-state index contributed by atoms with van der Waals surface area (Å²) in [6.45, 7) is 0. The van der Waals surface area contributed by atoms with E-state index in [2.05, 4.69) is 24.7 Å². The zero-order valence-corrected chi connectivity index (χ0v) is 14.1. The lowest BCUT2D eigenvalue weighted by atomic mass is 10.2. The van der Waals surface area contributed by atoms with E-state index in [9.17, 15) is 4.79 Å². The maximum atomic E-state index is 10.7. The third-order valence-electron chi connectivity index (χ3n) is 3.63. The normalized spacial score (nSPS) is 12.8. The van der Waals surface area contributed by atoms with Gasteiger partial charge in [-0.3, -0.25) is 29.9 Å². The van der Waals surface area contributed by atoms with Crippen molar-refractivity contribution in [1.29, 1.82) is 0 Å². The number of hydrazine groups is 1. The van der Waals surface area contributed by atoms with Gasteiger partial charge in [-0.25, -0.2) is 5.84 Å². The first-order valence-corrected chi connectivity index (χ1v) is 8.10. The van der Waals surface area contributed by atoms with Gasteiger partial charge in [-0.2, -0.15) is 5.10 Å². The highest BCUT2D eigenvalue weighted by Gasteiger charge is 2.27. The van der Waals surface area contributed by atoms with Crippen LogP contribution in [0.2, 0.25) is 0 Å². The SMILES string of the molecule is NNC(=O)c1ccncc1.S=c1[nH]nc(-c2ccncc2)n1C1CC1. The van der Waals surface area contributed by atoms with Gasteiger partial charge in [-0.1, -0.05) is 0 Å². The summed E-state index contributed by atoms with van der Waals surface area (Å²) in [4.78, 5) is 18.5. The number of hydrogen-bond acceptors (Lipinski definition) is 6. The summed E-state index contributed by atoms with van der Waals surface area (Å²) in [7, 11) is 0. The van der Waals surface area contributed by atoms with Gasteiger partial charge >= 0.3 is 0 Å². The fraction of sp³-hybridized carbons (Fsp3) is 0.188. The van der Waals surface area contributed by atoms with Gasteiger partial charge < -0.3 is 0 Å². The van der Waals surface area contributed by atoms with Crippen LogP contribution in [-0.4, -0.2) is 30.6 Å². The van der Waals surface area contributed by atoms with Crippen molar-refractivity contribution >= 4 is 18.1 Å². The maximum Gasteiger partial charge on any atom is 0.265 e. The van der Waals surface area contributed by atoms with E-state index < -0.39 is 0 Å². The van der Waals surface area contributed by atoms with Crippen LogP contribution in [0.4, 0.5) is 0 Å². The fourth-order valence-corrected chi connectivity index (χ4v) is 2.55. The van der Waals surface area contributed by atoms with E-state index in [1.165, 1.54) is 25.2 Å². The summed E-state index contributed by atoms with van der Waals surface area (Å²) in [5.74, 6) is 5.50. The Morgan fingerprint density at radius 3 is 2.32 bits per heavy atom. The molecule has 4 N–H and O–H groups in total. The van der Waals surface area contributed by atoms with Crippen LogP contribution in [0, 0.1) is 4.77 Å². The molecule has 0 bridgehead atoms. The molecule has 128 valence electrons. The third kappa shape index (κ3) is 4.14. The lowest BCUT2D eigenvalue weighted by Crippen LogP contribution is -2.29. The monoisotopic (exact) mass is 355 g/mol. The number of rotatable bonds is 3. The summed E-state index contributed by atoms with van der Waals surface area (Å²) in [5.41, 5.74) is 3.59. The predicted molar refractivity (Wildman–Crippen MR) is 94.8 cm³/mol. The van der Waals surface area contributed by atoms with Gasteiger partial charge in [0.15, 0.2) is 10.6 Å². The standard InChI is InChI=1S/C10H10N4S.C6H7N3O/c15-10-13-12-9(14(10)8-1-2-8)7-3-5-11-6-4-7;7-9-6(10)5-1-3-8-4-2-5/h3-6,8H,1-2H2,(H,13,15);1-4H,7H2,(H,9,10). The molecular formula is C16H17N7OS. The highest BCUT2D eigenvalue weighted by Crippen LogP contribution is 2.37. The van der Waals surface area contributed by atoms with Gasteiger partial charge in [0.05, 0.1) is 0 Å². The number of aromatic amines is 1. The molecule has 0 atom stereocenters. The lowest BCUT2D eigenvalue weighted by molar-refractivity contribution is 0.0953. The summed E-state index contributed by atoms with van der Waals surface area (Å²) >= 11 is 5.22. The first-order chi connectivity index (χ1) is 12.2. The summed E-state index contributed by atoms with van der Waals surface area (Å²) < 4.78 is 2.81. The van der Waals surface area contributed by atoms with Crippen LogP contribution in [-0.2, 0) is 0 Å². The Bertz CT molecular complexity index is 888. The van der Waals surface area contributed by atoms with Crippen molar-refractivity contribution in [1.82, 2.24) is 30.2 Å². The third-order valence-corrected chi connectivity index (χ3v) is 3.92. The molecule has 1 aliphatic rings. The minimum Gasteiger partial charge on any atom is -0.297 e. The number of nitrogens with two attached hydrogens (primary N) is 1. The molecule has 8 nitrogen and oxygen atoms in total. The minimum atomic E-state index is -0.303. The van der Waals surface area contributed by atoms with Gasteiger partial charge in [0.2, 0.25) is 0 Å². The number of carbonyl (C=O) groups excluding carboxylic acids is 1. The summed E-state index contributed by atoms with van der Waals surface area (Å²) in [6, 6.07) is 7.61. The van der Waals surface area contributed by atoms with Crippen molar-refractivity contribution in [3.63, 3.8) is 0 Å². The van der Waals surface area contributed by atoms with Crippen LogP contribution >= 0.6 is 12.2 Å². The van der Waals surface area contributed by atoms with E-state index in [0.717, 1.165) is 11.4 Å². The molecule has 0 unspecified atom stereocenters. The van der Waals surface area contributed by atoms with Crippen molar-refractivity contribution in [2.45, 2.75) is 18.9 Å². The molecule has 0 radical (unpaired) electrons. The maximum absolute atomic E-state index is 10.7. The van der Waals surface area contributed by atoms with Crippen LogP contribution < -0.4 is 11.3 Å². The zero-order chi connectivity index (χ0) is 17.6. The Balaban J connectivity index is 0.000000160. The van der Waals surface area contributed by atoms with Crippen molar-refractivity contribution < 1.29 is 4.79 Å². The molecule has 25 heavy (non-hydrogen) atoms. The average molecular weight is 355 g/mol. The number of aromatic nitrogens is 5. The Labute approximate surface area is 149 Å². The number of amides is 1. The molecule has 0 aliphatic heterocycles.